The topological polar surface area (TPSA) is 37.3 Å². The van der Waals surface area contributed by atoms with Crippen molar-refractivity contribution < 1.29 is 9.90 Å². The summed E-state index contributed by atoms with van der Waals surface area (Å²) in [5.74, 6) is 0.189. The van der Waals surface area contributed by atoms with Crippen molar-refractivity contribution in [2.75, 3.05) is 0 Å². The molecule has 1 aliphatic carbocycles. The third kappa shape index (κ3) is 1.85. The van der Waals surface area contributed by atoms with Gasteiger partial charge in [0.2, 0.25) is 0 Å². The molecule has 0 spiro atoms. The molecule has 0 aliphatic heterocycles. The Morgan fingerprint density at radius 1 is 1.14 bits per heavy atom. The molecule has 0 radical (unpaired) electrons. The Labute approximate surface area is 83.6 Å². The van der Waals surface area contributed by atoms with Crippen LogP contribution in [0.15, 0.2) is 30.3 Å². The number of aliphatic hydroxyl groups is 1. The van der Waals surface area contributed by atoms with Gasteiger partial charge in [-0.1, -0.05) is 30.3 Å². The van der Waals surface area contributed by atoms with Gasteiger partial charge in [0.1, 0.15) is 5.78 Å². The first kappa shape index (κ1) is 9.41. The van der Waals surface area contributed by atoms with Crippen LogP contribution in [-0.4, -0.2) is 17.0 Å². The van der Waals surface area contributed by atoms with Gasteiger partial charge in [-0.15, -0.1) is 0 Å². The Hall–Kier alpha value is -1.15. The van der Waals surface area contributed by atoms with Gasteiger partial charge in [-0.25, -0.2) is 0 Å². The van der Waals surface area contributed by atoms with Crippen LogP contribution in [0.25, 0.3) is 0 Å². The van der Waals surface area contributed by atoms with Crippen molar-refractivity contribution in [3.8, 4) is 0 Å². The maximum absolute atomic E-state index is 11.6. The van der Waals surface area contributed by atoms with E-state index in [4.69, 9.17) is 0 Å². The minimum absolute atomic E-state index is 0.0135. The van der Waals surface area contributed by atoms with Crippen LogP contribution in [0.1, 0.15) is 30.7 Å². The molecule has 0 heterocycles. The second kappa shape index (κ2) is 3.93. The summed E-state index contributed by atoms with van der Waals surface area (Å²) in [6.45, 7) is 0. The predicted octanol–water partition coefficient (Wildman–Crippen LogP) is 1.88. The molecule has 2 nitrogen and oxygen atoms in total. The summed E-state index contributed by atoms with van der Waals surface area (Å²) in [6.07, 6.45) is 1.43. The zero-order valence-electron chi connectivity index (χ0n) is 8.02. The molecule has 1 aromatic carbocycles. The van der Waals surface area contributed by atoms with E-state index in [1.165, 1.54) is 0 Å². The van der Waals surface area contributed by atoms with Crippen LogP contribution in [0.2, 0.25) is 0 Å². The minimum atomic E-state index is -0.414. The van der Waals surface area contributed by atoms with Gasteiger partial charge in [0.05, 0.1) is 6.10 Å². The number of aliphatic hydroxyl groups excluding tert-OH is 1. The lowest BCUT2D eigenvalue weighted by atomic mass is 9.82. The summed E-state index contributed by atoms with van der Waals surface area (Å²) in [7, 11) is 0. The highest BCUT2D eigenvalue weighted by Crippen LogP contribution is 2.29. The van der Waals surface area contributed by atoms with Gasteiger partial charge in [-0.3, -0.25) is 4.79 Å². The van der Waals surface area contributed by atoms with Gasteiger partial charge in [0, 0.05) is 12.3 Å². The zero-order chi connectivity index (χ0) is 9.97. The Kier molecular flexibility index (Phi) is 2.64. The number of ketones is 1. The van der Waals surface area contributed by atoms with Crippen molar-refractivity contribution >= 4 is 5.78 Å². The molecule has 1 N–H and O–H groups in total. The molecule has 74 valence electrons. The maximum Gasteiger partial charge on any atom is 0.142 e. The molecule has 0 saturated heterocycles. The second-order valence-electron chi connectivity index (χ2n) is 3.86. The molecule has 1 saturated carbocycles. The van der Waals surface area contributed by atoms with Crippen molar-refractivity contribution in [1.82, 2.24) is 0 Å². The van der Waals surface area contributed by atoms with Crippen LogP contribution in [0.3, 0.4) is 0 Å². The third-order valence-corrected chi connectivity index (χ3v) is 2.82. The summed E-state index contributed by atoms with van der Waals surface area (Å²) in [5.41, 5.74) is 1.09. The second-order valence-corrected chi connectivity index (χ2v) is 3.86. The average Bonchev–Trinajstić information content (AvgIpc) is 2.19. The monoisotopic (exact) mass is 190 g/mol. The molecular formula is C12H14O2. The number of rotatable bonds is 1. The Balaban J connectivity index is 2.16. The summed E-state index contributed by atoms with van der Waals surface area (Å²) in [6, 6.07) is 9.83. The van der Waals surface area contributed by atoms with Crippen LogP contribution < -0.4 is 0 Å². The van der Waals surface area contributed by atoms with Gasteiger partial charge < -0.3 is 5.11 Å². The number of carbonyl (C=O) groups excluding carboxylic acids is 1. The molecule has 2 atom stereocenters. The quantitative estimate of drug-likeness (QED) is 0.734. The first-order chi connectivity index (χ1) is 6.77. The van der Waals surface area contributed by atoms with E-state index in [-0.39, 0.29) is 11.7 Å². The standard InChI is InChI=1S/C12H14O2/c13-10-6-7-11(12(14)8-10)9-4-2-1-3-5-9/h1-5,10-11,13H,6-8H2/t10-,11?/m1/s1. The van der Waals surface area contributed by atoms with E-state index < -0.39 is 6.10 Å². The first-order valence-electron chi connectivity index (χ1n) is 5.03. The van der Waals surface area contributed by atoms with E-state index in [9.17, 15) is 9.90 Å². The van der Waals surface area contributed by atoms with Crippen LogP contribution in [0.4, 0.5) is 0 Å². The van der Waals surface area contributed by atoms with Gasteiger partial charge in [-0.2, -0.15) is 0 Å². The first-order valence-corrected chi connectivity index (χ1v) is 5.03. The van der Waals surface area contributed by atoms with E-state index in [1.807, 2.05) is 30.3 Å². The molecule has 2 rings (SSSR count). The van der Waals surface area contributed by atoms with Crippen molar-refractivity contribution in [3.63, 3.8) is 0 Å². The molecule has 14 heavy (non-hydrogen) atoms. The van der Waals surface area contributed by atoms with Crippen molar-refractivity contribution in [1.29, 1.82) is 0 Å². The van der Waals surface area contributed by atoms with E-state index in [0.717, 1.165) is 18.4 Å². The van der Waals surface area contributed by atoms with Crippen molar-refractivity contribution in [2.45, 2.75) is 31.3 Å². The lowest BCUT2D eigenvalue weighted by Gasteiger charge is -2.24. The molecular weight excluding hydrogens is 176 g/mol. The number of benzene rings is 1. The maximum atomic E-state index is 11.6. The summed E-state index contributed by atoms with van der Waals surface area (Å²) in [5, 5.41) is 9.32. The van der Waals surface area contributed by atoms with E-state index in [1.54, 1.807) is 0 Å². The van der Waals surface area contributed by atoms with Crippen LogP contribution in [-0.2, 0) is 4.79 Å². The van der Waals surface area contributed by atoms with Crippen LogP contribution in [0, 0.1) is 0 Å². The van der Waals surface area contributed by atoms with Gasteiger partial charge in [0.15, 0.2) is 0 Å². The van der Waals surface area contributed by atoms with Crippen molar-refractivity contribution in [3.05, 3.63) is 35.9 Å². The van der Waals surface area contributed by atoms with Gasteiger partial charge in [-0.05, 0) is 18.4 Å². The Morgan fingerprint density at radius 3 is 2.50 bits per heavy atom. The Bertz CT molecular complexity index is 318. The SMILES string of the molecule is O=C1C[C@H](O)CCC1c1ccccc1. The average molecular weight is 190 g/mol. The fourth-order valence-corrected chi connectivity index (χ4v) is 2.03. The molecule has 0 aromatic heterocycles. The highest BCUT2D eigenvalue weighted by molar-refractivity contribution is 5.86. The van der Waals surface area contributed by atoms with E-state index in [0.29, 0.717) is 6.42 Å². The van der Waals surface area contributed by atoms with E-state index in [2.05, 4.69) is 0 Å². The lowest BCUT2D eigenvalue weighted by Crippen LogP contribution is -2.26. The summed E-state index contributed by atoms with van der Waals surface area (Å²) < 4.78 is 0. The number of hydrogen-bond donors (Lipinski definition) is 1. The van der Waals surface area contributed by atoms with Crippen LogP contribution in [0.5, 0.6) is 0 Å². The molecule has 1 unspecified atom stereocenters. The van der Waals surface area contributed by atoms with Gasteiger partial charge >= 0.3 is 0 Å². The smallest absolute Gasteiger partial charge is 0.142 e. The number of Topliss-reactive ketones (excluding diaryl/α,β-unsaturated/α-hetero) is 1. The summed E-state index contributed by atoms with van der Waals surface area (Å²) in [4.78, 5) is 11.6. The predicted molar refractivity (Wildman–Crippen MR) is 54.0 cm³/mol. The van der Waals surface area contributed by atoms with Gasteiger partial charge in [0.25, 0.3) is 0 Å². The minimum Gasteiger partial charge on any atom is -0.393 e. The third-order valence-electron chi connectivity index (χ3n) is 2.82. The molecule has 2 heteroatoms. The molecule has 1 aromatic rings. The molecule has 1 fully saturated rings. The number of hydrogen-bond acceptors (Lipinski definition) is 2. The highest BCUT2D eigenvalue weighted by Gasteiger charge is 2.28. The molecule has 1 aliphatic rings. The lowest BCUT2D eigenvalue weighted by molar-refractivity contribution is -0.124. The normalized spacial score (nSPS) is 27.6. The largest absolute Gasteiger partial charge is 0.393 e. The Morgan fingerprint density at radius 2 is 1.86 bits per heavy atom. The van der Waals surface area contributed by atoms with E-state index >= 15 is 0 Å². The van der Waals surface area contributed by atoms with Crippen molar-refractivity contribution in [2.24, 2.45) is 0 Å². The molecule has 0 amide bonds. The molecule has 0 bridgehead atoms. The fraction of sp³-hybridized carbons (Fsp3) is 0.417. The summed E-state index contributed by atoms with van der Waals surface area (Å²) >= 11 is 0. The fourth-order valence-electron chi connectivity index (χ4n) is 2.03. The highest BCUT2D eigenvalue weighted by atomic mass is 16.3. The van der Waals surface area contributed by atoms with Crippen LogP contribution >= 0.6 is 0 Å². The number of carbonyl (C=O) groups is 1. The zero-order valence-corrected chi connectivity index (χ0v) is 8.02.